The molecule has 142 valence electrons. The fraction of sp³-hybridized carbons (Fsp3) is 0.0952. The molecule has 0 aliphatic carbocycles. The SMILES string of the molecule is CC(Oc1ccccc1)C(=O)Nc1ccc(Sc2ccc([N+](=O)[O-])cc2)cc1. The van der Waals surface area contributed by atoms with E-state index in [2.05, 4.69) is 5.32 Å². The number of non-ortho nitro benzene ring substituents is 1. The zero-order valence-electron chi connectivity index (χ0n) is 15.1. The molecule has 0 aliphatic heterocycles. The molecule has 0 saturated heterocycles. The summed E-state index contributed by atoms with van der Waals surface area (Å²) in [7, 11) is 0. The maximum Gasteiger partial charge on any atom is 0.269 e. The third-order valence-corrected chi connectivity index (χ3v) is 4.85. The molecule has 1 N–H and O–H groups in total. The fourth-order valence-corrected chi connectivity index (χ4v) is 3.20. The molecule has 1 atom stereocenters. The third-order valence-electron chi connectivity index (χ3n) is 3.83. The lowest BCUT2D eigenvalue weighted by atomic mass is 10.3. The highest BCUT2D eigenvalue weighted by atomic mass is 32.2. The molecular weight excluding hydrogens is 376 g/mol. The van der Waals surface area contributed by atoms with Crippen LogP contribution in [0.3, 0.4) is 0 Å². The van der Waals surface area contributed by atoms with Crippen molar-refractivity contribution >= 4 is 29.0 Å². The van der Waals surface area contributed by atoms with Crippen LogP contribution in [0.15, 0.2) is 88.7 Å². The van der Waals surface area contributed by atoms with Crippen molar-refractivity contribution in [2.45, 2.75) is 22.8 Å². The molecule has 0 radical (unpaired) electrons. The van der Waals surface area contributed by atoms with Gasteiger partial charge in [-0.15, -0.1) is 0 Å². The molecule has 3 aromatic carbocycles. The highest BCUT2D eigenvalue weighted by molar-refractivity contribution is 7.99. The number of ether oxygens (including phenoxy) is 1. The van der Waals surface area contributed by atoms with E-state index in [1.54, 1.807) is 43.3 Å². The first-order chi connectivity index (χ1) is 13.5. The largest absolute Gasteiger partial charge is 0.481 e. The highest BCUT2D eigenvalue weighted by Gasteiger charge is 2.14. The molecule has 1 amide bonds. The van der Waals surface area contributed by atoms with E-state index in [1.165, 1.54) is 23.9 Å². The molecule has 3 aromatic rings. The van der Waals surface area contributed by atoms with Crippen LogP contribution in [0.5, 0.6) is 5.75 Å². The maximum absolute atomic E-state index is 12.3. The number of carbonyl (C=O) groups excluding carboxylic acids is 1. The van der Waals surface area contributed by atoms with E-state index >= 15 is 0 Å². The van der Waals surface area contributed by atoms with Gasteiger partial charge in [0, 0.05) is 27.6 Å². The molecule has 0 saturated carbocycles. The Kier molecular flexibility index (Phi) is 6.29. The van der Waals surface area contributed by atoms with Crippen LogP contribution in [0.25, 0.3) is 0 Å². The van der Waals surface area contributed by atoms with Crippen LogP contribution in [-0.4, -0.2) is 16.9 Å². The molecule has 0 spiro atoms. The molecule has 28 heavy (non-hydrogen) atoms. The topological polar surface area (TPSA) is 81.5 Å². The minimum Gasteiger partial charge on any atom is -0.481 e. The van der Waals surface area contributed by atoms with Crippen LogP contribution < -0.4 is 10.1 Å². The zero-order valence-corrected chi connectivity index (χ0v) is 15.9. The zero-order chi connectivity index (χ0) is 19.9. The Bertz CT molecular complexity index is 944. The van der Waals surface area contributed by atoms with Crippen molar-refractivity contribution in [3.8, 4) is 5.75 Å². The van der Waals surface area contributed by atoms with Gasteiger partial charge in [0.1, 0.15) is 5.75 Å². The fourth-order valence-electron chi connectivity index (χ4n) is 2.38. The Hall–Kier alpha value is -3.32. The average Bonchev–Trinajstić information content (AvgIpc) is 2.70. The summed E-state index contributed by atoms with van der Waals surface area (Å²) in [4.78, 5) is 24.4. The molecule has 3 rings (SSSR count). The van der Waals surface area contributed by atoms with Gasteiger partial charge in [-0.25, -0.2) is 0 Å². The van der Waals surface area contributed by atoms with Gasteiger partial charge < -0.3 is 10.1 Å². The van der Waals surface area contributed by atoms with Gasteiger partial charge in [0.05, 0.1) is 4.92 Å². The normalized spacial score (nSPS) is 11.5. The van der Waals surface area contributed by atoms with Gasteiger partial charge >= 0.3 is 0 Å². The van der Waals surface area contributed by atoms with Gasteiger partial charge in [-0.05, 0) is 55.5 Å². The summed E-state index contributed by atoms with van der Waals surface area (Å²) in [6, 6.07) is 22.9. The Balaban J connectivity index is 1.56. The summed E-state index contributed by atoms with van der Waals surface area (Å²) in [5.74, 6) is 0.402. The van der Waals surface area contributed by atoms with E-state index in [4.69, 9.17) is 4.74 Å². The first kappa shape index (κ1) is 19.4. The lowest BCUT2D eigenvalue weighted by Gasteiger charge is -2.14. The third kappa shape index (κ3) is 5.34. The Morgan fingerprint density at radius 1 is 0.964 bits per heavy atom. The molecule has 0 aliphatic rings. The van der Waals surface area contributed by atoms with E-state index in [0.29, 0.717) is 11.4 Å². The number of rotatable bonds is 7. The molecule has 0 aromatic heterocycles. The number of amides is 1. The average molecular weight is 394 g/mol. The smallest absolute Gasteiger partial charge is 0.269 e. The second-order valence-corrected chi connectivity index (χ2v) is 7.09. The van der Waals surface area contributed by atoms with Crippen LogP contribution >= 0.6 is 11.8 Å². The first-order valence-corrected chi connectivity index (χ1v) is 9.38. The van der Waals surface area contributed by atoms with Crippen LogP contribution in [0.2, 0.25) is 0 Å². The number of benzene rings is 3. The van der Waals surface area contributed by atoms with Gasteiger partial charge in [-0.2, -0.15) is 0 Å². The summed E-state index contributed by atoms with van der Waals surface area (Å²) in [5.41, 5.74) is 0.732. The van der Waals surface area contributed by atoms with E-state index in [-0.39, 0.29) is 11.6 Å². The van der Waals surface area contributed by atoms with Crippen LogP contribution in [-0.2, 0) is 4.79 Å². The number of hydrogen-bond donors (Lipinski definition) is 1. The minimum atomic E-state index is -0.628. The number of nitro groups is 1. The summed E-state index contributed by atoms with van der Waals surface area (Å²) in [5, 5.41) is 13.5. The maximum atomic E-state index is 12.3. The van der Waals surface area contributed by atoms with Gasteiger partial charge in [-0.1, -0.05) is 30.0 Å². The van der Waals surface area contributed by atoms with Crippen molar-refractivity contribution in [3.63, 3.8) is 0 Å². The Labute approximate surface area is 166 Å². The summed E-state index contributed by atoms with van der Waals surface area (Å²) < 4.78 is 5.61. The summed E-state index contributed by atoms with van der Waals surface area (Å²) >= 11 is 1.48. The van der Waals surface area contributed by atoms with E-state index in [9.17, 15) is 14.9 Å². The van der Waals surface area contributed by atoms with Gasteiger partial charge in [0.25, 0.3) is 11.6 Å². The second-order valence-electron chi connectivity index (χ2n) is 5.94. The monoisotopic (exact) mass is 394 g/mol. The van der Waals surface area contributed by atoms with Crippen molar-refractivity contribution < 1.29 is 14.5 Å². The predicted octanol–water partition coefficient (Wildman–Crippen LogP) is 5.15. The summed E-state index contributed by atoms with van der Waals surface area (Å²) in [6.45, 7) is 1.70. The number of para-hydroxylation sites is 1. The van der Waals surface area contributed by atoms with E-state index in [1.807, 2.05) is 30.3 Å². The molecule has 0 fully saturated rings. The van der Waals surface area contributed by atoms with E-state index in [0.717, 1.165) is 9.79 Å². The molecule has 6 nitrogen and oxygen atoms in total. The highest BCUT2D eigenvalue weighted by Crippen LogP contribution is 2.29. The van der Waals surface area contributed by atoms with Gasteiger partial charge in [-0.3, -0.25) is 14.9 Å². The van der Waals surface area contributed by atoms with Crippen molar-refractivity contribution in [2.24, 2.45) is 0 Å². The molecule has 1 unspecified atom stereocenters. The van der Waals surface area contributed by atoms with E-state index < -0.39 is 11.0 Å². The molecule has 0 heterocycles. The second kappa shape index (κ2) is 9.05. The number of carbonyl (C=O) groups is 1. The predicted molar refractivity (Wildman–Crippen MR) is 109 cm³/mol. The lowest BCUT2D eigenvalue weighted by Crippen LogP contribution is -2.30. The number of nitro benzene ring substituents is 1. The van der Waals surface area contributed by atoms with Crippen LogP contribution in [0.1, 0.15) is 6.92 Å². The molecular formula is C21H18N2O4S. The first-order valence-electron chi connectivity index (χ1n) is 8.56. The van der Waals surface area contributed by atoms with Crippen molar-refractivity contribution in [1.29, 1.82) is 0 Å². The lowest BCUT2D eigenvalue weighted by molar-refractivity contribution is -0.384. The van der Waals surface area contributed by atoms with Gasteiger partial charge in [0.2, 0.25) is 0 Å². The Morgan fingerprint density at radius 2 is 1.54 bits per heavy atom. The Morgan fingerprint density at radius 3 is 2.11 bits per heavy atom. The molecule has 0 bridgehead atoms. The van der Waals surface area contributed by atoms with Crippen molar-refractivity contribution in [1.82, 2.24) is 0 Å². The number of hydrogen-bond acceptors (Lipinski definition) is 5. The van der Waals surface area contributed by atoms with Crippen LogP contribution in [0.4, 0.5) is 11.4 Å². The number of nitrogens with zero attached hydrogens (tertiary/aromatic N) is 1. The van der Waals surface area contributed by atoms with Crippen molar-refractivity contribution in [3.05, 3.63) is 89.0 Å². The standard InChI is InChI=1S/C21H18N2O4S/c1-15(27-18-5-3-2-4-6-18)21(24)22-16-7-11-19(12-8-16)28-20-13-9-17(10-14-20)23(25)26/h2-15H,1H3,(H,22,24). The minimum absolute atomic E-state index is 0.0641. The molecule has 7 heteroatoms. The van der Waals surface area contributed by atoms with Crippen molar-refractivity contribution in [2.75, 3.05) is 5.32 Å². The summed E-state index contributed by atoms with van der Waals surface area (Å²) in [6.07, 6.45) is -0.628. The van der Waals surface area contributed by atoms with Gasteiger partial charge in [0.15, 0.2) is 6.10 Å². The number of anilines is 1. The van der Waals surface area contributed by atoms with Crippen LogP contribution in [0, 0.1) is 10.1 Å². The number of nitrogens with one attached hydrogen (secondary N) is 1. The quantitative estimate of drug-likeness (QED) is 0.443.